The summed E-state index contributed by atoms with van der Waals surface area (Å²) in [4.78, 5) is 0. The summed E-state index contributed by atoms with van der Waals surface area (Å²) in [6, 6.07) is 2.45. The molecule has 0 bridgehead atoms. The summed E-state index contributed by atoms with van der Waals surface area (Å²) >= 11 is 2.98. The van der Waals surface area contributed by atoms with E-state index >= 15 is 0 Å². The molecule has 0 amide bonds. The normalized spacial score (nSPS) is 14.9. The average molecular weight is 293 g/mol. The molecule has 2 atom stereocenters. The SMILES string of the molecule is CCCC(C)C(O)c1c(F)ccc(Br)c1F. The van der Waals surface area contributed by atoms with Gasteiger partial charge in [-0.15, -0.1) is 0 Å². The van der Waals surface area contributed by atoms with Crippen LogP contribution in [0.25, 0.3) is 0 Å². The highest BCUT2D eigenvalue weighted by atomic mass is 79.9. The van der Waals surface area contributed by atoms with Crippen molar-refractivity contribution in [1.29, 1.82) is 0 Å². The predicted octanol–water partition coefficient (Wildman–Crippen LogP) is 4.20. The van der Waals surface area contributed by atoms with E-state index in [1.54, 1.807) is 6.92 Å². The average Bonchev–Trinajstić information content (AvgIpc) is 2.24. The molecule has 90 valence electrons. The van der Waals surface area contributed by atoms with Gasteiger partial charge in [0.2, 0.25) is 0 Å². The monoisotopic (exact) mass is 292 g/mol. The van der Waals surface area contributed by atoms with Crippen LogP contribution in [-0.2, 0) is 0 Å². The van der Waals surface area contributed by atoms with Gasteiger partial charge in [0.1, 0.15) is 11.6 Å². The summed E-state index contributed by atoms with van der Waals surface area (Å²) in [7, 11) is 0. The largest absolute Gasteiger partial charge is 0.388 e. The number of hydrogen-bond acceptors (Lipinski definition) is 1. The van der Waals surface area contributed by atoms with Gasteiger partial charge in [-0.2, -0.15) is 0 Å². The Labute approximate surface area is 103 Å². The zero-order valence-corrected chi connectivity index (χ0v) is 10.9. The van der Waals surface area contributed by atoms with Crippen molar-refractivity contribution >= 4 is 15.9 Å². The van der Waals surface area contributed by atoms with Crippen molar-refractivity contribution in [3.63, 3.8) is 0 Å². The quantitative estimate of drug-likeness (QED) is 0.825. The van der Waals surface area contributed by atoms with E-state index in [1.807, 2.05) is 6.92 Å². The van der Waals surface area contributed by atoms with E-state index in [2.05, 4.69) is 15.9 Å². The minimum Gasteiger partial charge on any atom is -0.388 e. The van der Waals surface area contributed by atoms with Crippen LogP contribution in [0.1, 0.15) is 38.4 Å². The summed E-state index contributed by atoms with van der Waals surface area (Å²) in [5.74, 6) is -1.57. The molecule has 0 saturated heterocycles. The van der Waals surface area contributed by atoms with E-state index in [4.69, 9.17) is 0 Å². The first-order chi connectivity index (χ1) is 7.49. The number of rotatable bonds is 4. The molecule has 1 aromatic rings. The topological polar surface area (TPSA) is 20.2 Å². The highest BCUT2D eigenvalue weighted by molar-refractivity contribution is 9.10. The van der Waals surface area contributed by atoms with E-state index in [0.29, 0.717) is 0 Å². The first kappa shape index (κ1) is 13.6. The van der Waals surface area contributed by atoms with Crippen LogP contribution in [0.3, 0.4) is 0 Å². The Kier molecular flexibility index (Phi) is 4.87. The molecule has 1 aromatic carbocycles. The molecule has 0 heterocycles. The Morgan fingerprint density at radius 3 is 2.56 bits per heavy atom. The van der Waals surface area contributed by atoms with E-state index in [1.165, 1.54) is 6.07 Å². The van der Waals surface area contributed by atoms with Crippen LogP contribution in [0.15, 0.2) is 16.6 Å². The van der Waals surface area contributed by atoms with Gasteiger partial charge in [-0.05, 0) is 40.4 Å². The maximum absolute atomic E-state index is 13.7. The number of aliphatic hydroxyl groups is 1. The van der Waals surface area contributed by atoms with Gasteiger partial charge in [-0.3, -0.25) is 0 Å². The van der Waals surface area contributed by atoms with Crippen LogP contribution in [0, 0.1) is 17.6 Å². The summed E-state index contributed by atoms with van der Waals surface area (Å²) in [5.41, 5.74) is -0.240. The zero-order valence-electron chi connectivity index (χ0n) is 9.30. The molecular weight excluding hydrogens is 278 g/mol. The summed E-state index contributed by atoms with van der Waals surface area (Å²) in [5, 5.41) is 9.91. The maximum Gasteiger partial charge on any atom is 0.146 e. The molecule has 0 aliphatic rings. The van der Waals surface area contributed by atoms with Crippen LogP contribution in [-0.4, -0.2) is 5.11 Å². The fourth-order valence-electron chi connectivity index (χ4n) is 1.71. The first-order valence-electron chi connectivity index (χ1n) is 5.30. The van der Waals surface area contributed by atoms with Gasteiger partial charge in [0.15, 0.2) is 0 Å². The minimum absolute atomic E-state index is 0.164. The standard InChI is InChI=1S/C12H15BrF2O/c1-3-4-7(2)12(16)10-9(14)6-5-8(13)11(10)15/h5-7,12,16H,3-4H2,1-2H3. The van der Waals surface area contributed by atoms with Crippen molar-refractivity contribution in [2.75, 3.05) is 0 Å². The summed E-state index contributed by atoms with van der Waals surface area (Å²) in [6.45, 7) is 3.75. The Bertz CT molecular complexity index is 368. The van der Waals surface area contributed by atoms with Gasteiger partial charge in [-0.1, -0.05) is 20.3 Å². The van der Waals surface area contributed by atoms with Crippen molar-refractivity contribution < 1.29 is 13.9 Å². The molecule has 1 rings (SSSR count). The highest BCUT2D eigenvalue weighted by Gasteiger charge is 2.24. The van der Waals surface area contributed by atoms with Crippen molar-refractivity contribution in [1.82, 2.24) is 0 Å². The Balaban J connectivity index is 3.07. The third kappa shape index (κ3) is 2.80. The van der Waals surface area contributed by atoms with Crippen LogP contribution < -0.4 is 0 Å². The molecule has 1 nitrogen and oxygen atoms in total. The van der Waals surface area contributed by atoms with Gasteiger partial charge in [-0.25, -0.2) is 8.78 Å². The van der Waals surface area contributed by atoms with Crippen molar-refractivity contribution in [2.24, 2.45) is 5.92 Å². The van der Waals surface area contributed by atoms with Crippen LogP contribution in [0.2, 0.25) is 0 Å². The van der Waals surface area contributed by atoms with Gasteiger partial charge in [0, 0.05) is 0 Å². The highest BCUT2D eigenvalue weighted by Crippen LogP contribution is 2.32. The van der Waals surface area contributed by atoms with E-state index in [9.17, 15) is 13.9 Å². The van der Waals surface area contributed by atoms with Crippen molar-refractivity contribution in [3.05, 3.63) is 33.8 Å². The molecule has 16 heavy (non-hydrogen) atoms. The second kappa shape index (κ2) is 5.73. The molecule has 1 N–H and O–H groups in total. The molecule has 4 heteroatoms. The molecule has 0 fully saturated rings. The van der Waals surface area contributed by atoms with E-state index in [0.717, 1.165) is 18.9 Å². The van der Waals surface area contributed by atoms with Gasteiger partial charge < -0.3 is 5.11 Å². The first-order valence-corrected chi connectivity index (χ1v) is 6.09. The maximum atomic E-state index is 13.7. The smallest absolute Gasteiger partial charge is 0.146 e. The third-order valence-electron chi connectivity index (χ3n) is 2.66. The Morgan fingerprint density at radius 2 is 2.00 bits per heavy atom. The lowest BCUT2D eigenvalue weighted by molar-refractivity contribution is 0.104. The van der Waals surface area contributed by atoms with Gasteiger partial charge in [0.25, 0.3) is 0 Å². The lowest BCUT2D eigenvalue weighted by Crippen LogP contribution is -2.13. The number of hydrogen-bond donors (Lipinski definition) is 1. The number of benzene rings is 1. The summed E-state index contributed by atoms with van der Waals surface area (Å²) in [6.07, 6.45) is 0.500. The molecular formula is C12H15BrF2O. The second-order valence-electron chi connectivity index (χ2n) is 3.97. The third-order valence-corrected chi connectivity index (χ3v) is 3.27. The predicted molar refractivity (Wildman–Crippen MR) is 63.1 cm³/mol. The molecule has 0 radical (unpaired) electrons. The lowest BCUT2D eigenvalue weighted by atomic mass is 9.93. The molecule has 0 spiro atoms. The molecule has 0 aliphatic heterocycles. The Morgan fingerprint density at radius 1 is 1.38 bits per heavy atom. The second-order valence-corrected chi connectivity index (χ2v) is 4.82. The molecule has 0 saturated carbocycles. The number of aliphatic hydroxyl groups excluding tert-OH is 1. The van der Waals surface area contributed by atoms with E-state index in [-0.39, 0.29) is 16.0 Å². The van der Waals surface area contributed by atoms with Gasteiger partial charge in [0.05, 0.1) is 16.1 Å². The fraction of sp³-hybridized carbons (Fsp3) is 0.500. The molecule has 0 aliphatic carbocycles. The molecule has 0 aromatic heterocycles. The van der Waals surface area contributed by atoms with Crippen molar-refractivity contribution in [3.8, 4) is 0 Å². The Hall–Kier alpha value is -0.480. The van der Waals surface area contributed by atoms with Crippen LogP contribution >= 0.6 is 15.9 Å². The summed E-state index contributed by atoms with van der Waals surface area (Å²) < 4.78 is 27.3. The zero-order chi connectivity index (χ0) is 12.3. The van der Waals surface area contributed by atoms with E-state index < -0.39 is 17.7 Å². The number of halogens is 3. The van der Waals surface area contributed by atoms with Crippen molar-refractivity contribution in [2.45, 2.75) is 32.8 Å². The van der Waals surface area contributed by atoms with Crippen LogP contribution in [0.4, 0.5) is 8.78 Å². The van der Waals surface area contributed by atoms with Gasteiger partial charge >= 0.3 is 0 Å². The lowest BCUT2D eigenvalue weighted by Gasteiger charge is -2.20. The van der Waals surface area contributed by atoms with Crippen LogP contribution in [0.5, 0.6) is 0 Å². The molecule has 2 unspecified atom stereocenters. The fourth-order valence-corrected chi connectivity index (χ4v) is 2.06. The minimum atomic E-state index is -1.10.